The molecule has 0 radical (unpaired) electrons. The van der Waals surface area contributed by atoms with Crippen LogP contribution in [-0.4, -0.2) is 19.2 Å². The van der Waals surface area contributed by atoms with Gasteiger partial charge in [-0.2, -0.15) is 5.26 Å². The first-order valence-corrected chi connectivity index (χ1v) is 9.95. The van der Waals surface area contributed by atoms with E-state index >= 15 is 0 Å². The van der Waals surface area contributed by atoms with Crippen molar-refractivity contribution in [1.82, 2.24) is 4.98 Å². The second-order valence-electron chi connectivity index (χ2n) is 6.76. The SMILES string of the molecule is CCc1cc2c3c(ccc2[nH]1)C(c1cc(Br)c(OC)c(OC)c1)C(C#N)=C(N)O3. The molecule has 1 atom stereocenters. The van der Waals surface area contributed by atoms with Crippen molar-refractivity contribution in [3.63, 3.8) is 0 Å². The molecule has 148 valence electrons. The van der Waals surface area contributed by atoms with Crippen molar-refractivity contribution in [3.8, 4) is 23.3 Å². The van der Waals surface area contributed by atoms with E-state index in [-0.39, 0.29) is 11.8 Å². The third kappa shape index (κ3) is 3.00. The number of halogens is 1. The Morgan fingerprint density at radius 1 is 1.24 bits per heavy atom. The van der Waals surface area contributed by atoms with Gasteiger partial charge in [0.15, 0.2) is 11.5 Å². The number of ether oxygens (including phenoxy) is 3. The molecule has 3 aromatic rings. The summed E-state index contributed by atoms with van der Waals surface area (Å²) in [4.78, 5) is 3.39. The molecule has 1 aromatic heterocycles. The van der Waals surface area contributed by atoms with Crippen LogP contribution in [0, 0.1) is 11.3 Å². The maximum absolute atomic E-state index is 9.83. The monoisotopic (exact) mass is 453 g/mol. The van der Waals surface area contributed by atoms with Crippen LogP contribution in [0.5, 0.6) is 17.2 Å². The summed E-state index contributed by atoms with van der Waals surface area (Å²) in [6, 6.07) is 12.1. The Morgan fingerprint density at radius 2 is 2.03 bits per heavy atom. The van der Waals surface area contributed by atoms with Crippen molar-refractivity contribution in [2.24, 2.45) is 5.73 Å². The van der Waals surface area contributed by atoms with Gasteiger partial charge in [-0.1, -0.05) is 13.0 Å². The van der Waals surface area contributed by atoms with Gasteiger partial charge < -0.3 is 24.9 Å². The normalized spacial score (nSPS) is 15.6. The number of H-pyrrole nitrogens is 1. The number of hydrogen-bond acceptors (Lipinski definition) is 5. The van der Waals surface area contributed by atoms with E-state index in [9.17, 15) is 5.26 Å². The van der Waals surface area contributed by atoms with Crippen LogP contribution in [0.3, 0.4) is 0 Å². The van der Waals surface area contributed by atoms with E-state index < -0.39 is 0 Å². The predicted octanol–water partition coefficient (Wildman–Crippen LogP) is 4.73. The lowest BCUT2D eigenvalue weighted by Crippen LogP contribution is -2.21. The highest BCUT2D eigenvalue weighted by atomic mass is 79.9. The van der Waals surface area contributed by atoms with Crippen LogP contribution >= 0.6 is 15.9 Å². The van der Waals surface area contributed by atoms with Gasteiger partial charge in [-0.15, -0.1) is 0 Å². The summed E-state index contributed by atoms with van der Waals surface area (Å²) in [7, 11) is 3.16. The average Bonchev–Trinajstić information content (AvgIpc) is 3.16. The molecular weight excluding hydrogens is 434 g/mol. The fourth-order valence-electron chi connectivity index (χ4n) is 3.82. The molecule has 3 N–H and O–H groups in total. The fraction of sp³-hybridized carbons (Fsp3) is 0.227. The van der Waals surface area contributed by atoms with Crippen molar-refractivity contribution < 1.29 is 14.2 Å². The van der Waals surface area contributed by atoms with Crippen LogP contribution in [0.2, 0.25) is 0 Å². The van der Waals surface area contributed by atoms with E-state index in [1.807, 2.05) is 24.3 Å². The van der Waals surface area contributed by atoms with Gasteiger partial charge in [0.2, 0.25) is 5.88 Å². The highest BCUT2D eigenvalue weighted by Crippen LogP contribution is 2.48. The molecule has 6 nitrogen and oxygen atoms in total. The zero-order valence-electron chi connectivity index (χ0n) is 16.3. The number of aromatic amines is 1. The number of nitrogens with two attached hydrogens (primary N) is 1. The Hall–Kier alpha value is -3.11. The highest BCUT2D eigenvalue weighted by Gasteiger charge is 2.33. The molecule has 0 bridgehead atoms. The molecule has 0 saturated carbocycles. The van der Waals surface area contributed by atoms with Gasteiger partial charge in [-0.25, -0.2) is 0 Å². The van der Waals surface area contributed by atoms with Crippen LogP contribution in [-0.2, 0) is 6.42 Å². The Labute approximate surface area is 177 Å². The van der Waals surface area contributed by atoms with Crippen molar-refractivity contribution >= 4 is 26.8 Å². The minimum atomic E-state index is -0.385. The van der Waals surface area contributed by atoms with E-state index in [0.717, 1.165) is 38.6 Å². The van der Waals surface area contributed by atoms with E-state index in [1.54, 1.807) is 14.2 Å². The molecule has 2 heterocycles. The van der Waals surface area contributed by atoms with Crippen LogP contribution in [0.15, 0.2) is 46.3 Å². The largest absolute Gasteiger partial charge is 0.493 e. The maximum Gasteiger partial charge on any atom is 0.205 e. The summed E-state index contributed by atoms with van der Waals surface area (Å²) >= 11 is 3.54. The molecule has 0 amide bonds. The first-order chi connectivity index (χ1) is 14.0. The summed E-state index contributed by atoms with van der Waals surface area (Å²) in [5, 5.41) is 10.8. The van der Waals surface area contributed by atoms with Gasteiger partial charge in [0, 0.05) is 22.2 Å². The van der Waals surface area contributed by atoms with Crippen molar-refractivity contribution in [3.05, 3.63) is 63.1 Å². The molecule has 0 saturated heterocycles. The Morgan fingerprint density at radius 3 is 2.69 bits per heavy atom. The van der Waals surface area contributed by atoms with Gasteiger partial charge in [0.25, 0.3) is 0 Å². The number of methoxy groups -OCH3 is 2. The summed E-state index contributed by atoms with van der Waals surface area (Å²) in [6.07, 6.45) is 0.879. The molecule has 0 fully saturated rings. The molecule has 1 aliphatic rings. The standard InChI is InChI=1S/C22H20BrN3O3/c1-4-12-9-14-17(26-12)6-5-13-19(15(10-24)22(25)29-20(13)14)11-7-16(23)21(28-3)18(8-11)27-2/h5-9,19,26H,4,25H2,1-3H3. The van der Waals surface area contributed by atoms with Crippen molar-refractivity contribution in [2.75, 3.05) is 14.2 Å². The number of hydrogen-bond donors (Lipinski definition) is 2. The number of nitrogens with zero attached hydrogens (tertiary/aromatic N) is 1. The van der Waals surface area contributed by atoms with E-state index in [4.69, 9.17) is 19.9 Å². The van der Waals surface area contributed by atoms with Gasteiger partial charge >= 0.3 is 0 Å². The van der Waals surface area contributed by atoms with E-state index in [0.29, 0.717) is 22.8 Å². The minimum absolute atomic E-state index is 0.114. The summed E-state index contributed by atoms with van der Waals surface area (Å²) in [5.74, 6) is 1.56. The van der Waals surface area contributed by atoms with Crippen LogP contribution in [0.25, 0.3) is 10.9 Å². The molecular formula is C22H20BrN3O3. The number of benzene rings is 2. The Bertz CT molecular complexity index is 1190. The average molecular weight is 454 g/mol. The zero-order chi connectivity index (χ0) is 20.7. The van der Waals surface area contributed by atoms with E-state index in [2.05, 4.69) is 40.0 Å². The topological polar surface area (TPSA) is 93.3 Å². The lowest BCUT2D eigenvalue weighted by Gasteiger charge is -2.27. The highest BCUT2D eigenvalue weighted by molar-refractivity contribution is 9.10. The van der Waals surface area contributed by atoms with Gasteiger partial charge in [-0.3, -0.25) is 0 Å². The minimum Gasteiger partial charge on any atom is -0.493 e. The van der Waals surface area contributed by atoms with E-state index in [1.165, 1.54) is 0 Å². The molecule has 7 heteroatoms. The fourth-order valence-corrected chi connectivity index (χ4v) is 4.44. The Kier molecular flexibility index (Phi) is 4.89. The molecule has 0 spiro atoms. The molecule has 1 unspecified atom stereocenters. The molecule has 29 heavy (non-hydrogen) atoms. The number of rotatable bonds is 4. The Balaban J connectivity index is 1.98. The van der Waals surface area contributed by atoms with Crippen molar-refractivity contribution in [1.29, 1.82) is 5.26 Å². The third-order valence-corrected chi connectivity index (χ3v) is 5.80. The molecule has 1 aliphatic heterocycles. The number of allylic oxidation sites excluding steroid dienone is 1. The maximum atomic E-state index is 9.83. The van der Waals surface area contributed by atoms with Crippen LogP contribution in [0.1, 0.15) is 29.7 Å². The molecule has 2 aromatic carbocycles. The first kappa shape index (κ1) is 19.2. The van der Waals surface area contributed by atoms with Crippen LogP contribution < -0.4 is 19.9 Å². The summed E-state index contributed by atoms with van der Waals surface area (Å²) in [6.45, 7) is 2.09. The number of nitrogens with one attached hydrogen (secondary N) is 1. The van der Waals surface area contributed by atoms with Gasteiger partial charge in [0.1, 0.15) is 17.4 Å². The smallest absolute Gasteiger partial charge is 0.205 e. The number of nitriles is 1. The molecule has 0 aliphatic carbocycles. The lowest BCUT2D eigenvalue weighted by molar-refractivity contribution is 0.352. The number of aromatic nitrogens is 1. The summed E-state index contributed by atoms with van der Waals surface area (Å²) < 4.78 is 17.6. The predicted molar refractivity (Wildman–Crippen MR) is 114 cm³/mol. The molecule has 4 rings (SSSR count). The zero-order valence-corrected chi connectivity index (χ0v) is 17.9. The van der Waals surface area contributed by atoms with Gasteiger partial charge in [0.05, 0.1) is 24.6 Å². The third-order valence-electron chi connectivity index (χ3n) is 5.21. The van der Waals surface area contributed by atoms with Gasteiger partial charge in [-0.05, 0) is 52.2 Å². The summed E-state index contributed by atoms with van der Waals surface area (Å²) in [5.41, 5.74) is 10.4. The van der Waals surface area contributed by atoms with Crippen molar-refractivity contribution in [2.45, 2.75) is 19.3 Å². The first-order valence-electron chi connectivity index (χ1n) is 9.15. The second kappa shape index (κ2) is 7.37. The quantitative estimate of drug-likeness (QED) is 0.595. The van der Waals surface area contributed by atoms with Crippen LogP contribution in [0.4, 0.5) is 0 Å². The number of aryl methyl sites for hydroxylation is 1. The lowest BCUT2D eigenvalue weighted by atomic mass is 9.83. The second-order valence-corrected chi connectivity index (χ2v) is 7.61. The number of fused-ring (bicyclic) bond motifs is 3.